The number of hydrogen-bond donors (Lipinski definition) is 1. The van der Waals surface area contributed by atoms with Gasteiger partial charge in [0.2, 0.25) is 5.91 Å². The number of fused-ring (bicyclic) bond motifs is 3. The SMILES string of the molecule is O=C(CSCc1nc2sc3c(c2c(=O)[nH]1)CCC3)N1CCN(c2ccccn2)CC1. The maximum absolute atomic E-state index is 12.6. The number of H-pyrrole nitrogens is 1. The van der Waals surface area contributed by atoms with Gasteiger partial charge in [-0.25, -0.2) is 9.97 Å². The van der Waals surface area contributed by atoms with E-state index in [4.69, 9.17) is 0 Å². The van der Waals surface area contributed by atoms with E-state index in [1.807, 2.05) is 23.1 Å². The highest BCUT2D eigenvalue weighted by molar-refractivity contribution is 7.99. The lowest BCUT2D eigenvalue weighted by Gasteiger charge is -2.35. The number of aryl methyl sites for hydroxylation is 2. The van der Waals surface area contributed by atoms with Gasteiger partial charge in [-0.3, -0.25) is 9.59 Å². The first kappa shape index (κ1) is 19.6. The topological polar surface area (TPSA) is 82.2 Å². The Bertz CT molecular complexity index is 1120. The zero-order chi connectivity index (χ0) is 20.5. The normalized spacial score (nSPS) is 16.3. The van der Waals surface area contributed by atoms with Crippen molar-refractivity contribution in [3.63, 3.8) is 0 Å². The average Bonchev–Trinajstić information content (AvgIpc) is 3.35. The minimum atomic E-state index is -0.0352. The molecule has 1 aliphatic carbocycles. The van der Waals surface area contributed by atoms with Gasteiger partial charge in [-0.1, -0.05) is 6.07 Å². The van der Waals surface area contributed by atoms with E-state index in [1.54, 1.807) is 17.5 Å². The molecular formula is C21H23N5O2S2. The Hall–Kier alpha value is -2.39. The highest BCUT2D eigenvalue weighted by Gasteiger charge is 2.23. The van der Waals surface area contributed by atoms with Crippen molar-refractivity contribution < 1.29 is 4.79 Å². The van der Waals surface area contributed by atoms with Crippen molar-refractivity contribution in [1.29, 1.82) is 0 Å². The van der Waals surface area contributed by atoms with Crippen molar-refractivity contribution in [2.75, 3.05) is 36.8 Å². The number of thiophene rings is 1. The van der Waals surface area contributed by atoms with Gasteiger partial charge >= 0.3 is 0 Å². The molecular weight excluding hydrogens is 418 g/mol. The molecule has 1 N–H and O–H groups in total. The number of aromatic nitrogens is 3. The van der Waals surface area contributed by atoms with E-state index in [1.165, 1.54) is 22.2 Å². The predicted octanol–water partition coefficient (Wildman–Crippen LogP) is 2.45. The van der Waals surface area contributed by atoms with Crippen molar-refractivity contribution in [2.24, 2.45) is 0 Å². The van der Waals surface area contributed by atoms with Gasteiger partial charge in [0, 0.05) is 37.3 Å². The molecule has 0 atom stereocenters. The molecule has 0 saturated carbocycles. The maximum atomic E-state index is 12.6. The number of thioether (sulfide) groups is 1. The van der Waals surface area contributed by atoms with Crippen LogP contribution < -0.4 is 10.5 Å². The number of nitrogens with zero attached hydrogens (tertiary/aromatic N) is 4. The van der Waals surface area contributed by atoms with Gasteiger partial charge < -0.3 is 14.8 Å². The number of nitrogens with one attached hydrogen (secondary N) is 1. The summed E-state index contributed by atoms with van der Waals surface area (Å²) >= 11 is 3.16. The summed E-state index contributed by atoms with van der Waals surface area (Å²) in [5.74, 6) is 2.69. The highest BCUT2D eigenvalue weighted by atomic mass is 32.2. The number of rotatable bonds is 5. The molecule has 156 valence electrons. The molecule has 1 amide bonds. The first-order valence-corrected chi connectivity index (χ1v) is 12.2. The average molecular weight is 442 g/mol. The Morgan fingerprint density at radius 1 is 1.20 bits per heavy atom. The summed E-state index contributed by atoms with van der Waals surface area (Å²) in [6.45, 7) is 3.00. The molecule has 0 radical (unpaired) electrons. The fourth-order valence-corrected chi connectivity index (χ4v) is 6.24. The first-order chi connectivity index (χ1) is 14.7. The number of pyridine rings is 1. The molecule has 1 aliphatic heterocycles. The van der Waals surface area contributed by atoms with Gasteiger partial charge in [0.15, 0.2) is 0 Å². The number of carbonyl (C=O) groups is 1. The van der Waals surface area contributed by atoms with E-state index in [0.717, 1.165) is 48.4 Å². The number of hydrogen-bond acceptors (Lipinski definition) is 7. The van der Waals surface area contributed by atoms with Crippen molar-refractivity contribution >= 4 is 45.0 Å². The van der Waals surface area contributed by atoms with Crippen LogP contribution in [0.25, 0.3) is 10.2 Å². The number of carbonyl (C=O) groups excluding carboxylic acids is 1. The smallest absolute Gasteiger partial charge is 0.259 e. The second kappa shape index (κ2) is 8.39. The van der Waals surface area contributed by atoms with E-state index in [2.05, 4.69) is 19.9 Å². The summed E-state index contributed by atoms with van der Waals surface area (Å²) in [4.78, 5) is 43.4. The number of amides is 1. The van der Waals surface area contributed by atoms with Gasteiger partial charge in [0.1, 0.15) is 16.5 Å². The van der Waals surface area contributed by atoms with E-state index >= 15 is 0 Å². The molecule has 0 spiro atoms. The molecule has 1 saturated heterocycles. The van der Waals surface area contributed by atoms with E-state index in [0.29, 0.717) is 30.4 Å². The minimum Gasteiger partial charge on any atom is -0.353 e. The number of anilines is 1. The molecule has 0 unspecified atom stereocenters. The van der Waals surface area contributed by atoms with Crippen LogP contribution in [-0.4, -0.2) is 57.7 Å². The summed E-state index contributed by atoms with van der Waals surface area (Å²) in [5.41, 5.74) is 1.16. The summed E-state index contributed by atoms with van der Waals surface area (Å²) < 4.78 is 0. The van der Waals surface area contributed by atoms with Crippen molar-refractivity contribution in [2.45, 2.75) is 25.0 Å². The second-order valence-corrected chi connectivity index (χ2v) is 9.67. The molecule has 1 fully saturated rings. The molecule has 0 aromatic carbocycles. The van der Waals surface area contributed by atoms with Gasteiger partial charge in [0.25, 0.3) is 5.56 Å². The lowest BCUT2D eigenvalue weighted by atomic mass is 10.2. The van der Waals surface area contributed by atoms with Crippen LogP contribution in [0.5, 0.6) is 0 Å². The summed E-state index contributed by atoms with van der Waals surface area (Å²) in [6.07, 6.45) is 4.97. The molecule has 7 nitrogen and oxygen atoms in total. The third-order valence-corrected chi connectivity index (χ3v) is 7.81. The lowest BCUT2D eigenvalue weighted by molar-refractivity contribution is -0.128. The van der Waals surface area contributed by atoms with Crippen LogP contribution in [0.2, 0.25) is 0 Å². The third kappa shape index (κ3) is 3.83. The Morgan fingerprint density at radius 3 is 2.87 bits per heavy atom. The van der Waals surface area contributed by atoms with E-state index < -0.39 is 0 Å². The Labute approximate surface area is 182 Å². The molecule has 4 heterocycles. The fraction of sp³-hybridized carbons (Fsp3) is 0.429. The molecule has 0 bridgehead atoms. The molecule has 3 aromatic rings. The molecule has 9 heteroatoms. The fourth-order valence-electron chi connectivity index (χ4n) is 4.17. The lowest BCUT2D eigenvalue weighted by Crippen LogP contribution is -2.49. The predicted molar refractivity (Wildman–Crippen MR) is 121 cm³/mol. The zero-order valence-electron chi connectivity index (χ0n) is 16.6. The zero-order valence-corrected chi connectivity index (χ0v) is 18.2. The maximum Gasteiger partial charge on any atom is 0.259 e. The van der Waals surface area contributed by atoms with Crippen molar-refractivity contribution in [1.82, 2.24) is 19.9 Å². The van der Waals surface area contributed by atoms with Crippen molar-refractivity contribution in [3.8, 4) is 0 Å². The minimum absolute atomic E-state index is 0.0352. The summed E-state index contributed by atoms with van der Waals surface area (Å²) in [5, 5.41) is 0.781. The molecule has 5 rings (SSSR count). The molecule has 3 aromatic heterocycles. The molecule has 30 heavy (non-hydrogen) atoms. The van der Waals surface area contributed by atoms with Crippen LogP contribution >= 0.6 is 23.1 Å². The highest BCUT2D eigenvalue weighted by Crippen LogP contribution is 2.34. The van der Waals surface area contributed by atoms with Gasteiger partial charge in [-0.15, -0.1) is 23.1 Å². The van der Waals surface area contributed by atoms with Gasteiger partial charge in [-0.05, 0) is 37.0 Å². The van der Waals surface area contributed by atoms with Gasteiger partial charge in [0.05, 0.1) is 16.9 Å². The van der Waals surface area contributed by atoms with E-state index in [-0.39, 0.29) is 11.5 Å². The van der Waals surface area contributed by atoms with Crippen LogP contribution in [0.4, 0.5) is 5.82 Å². The Kier molecular flexibility index (Phi) is 5.47. The van der Waals surface area contributed by atoms with E-state index in [9.17, 15) is 9.59 Å². The number of aromatic amines is 1. The Balaban J connectivity index is 1.15. The summed E-state index contributed by atoms with van der Waals surface area (Å²) in [6, 6.07) is 5.89. The molecule has 2 aliphatic rings. The second-order valence-electron chi connectivity index (χ2n) is 7.60. The Morgan fingerprint density at radius 2 is 2.07 bits per heavy atom. The standard InChI is InChI=1S/C21H23N5O2S2/c27-18(26-10-8-25(9-11-26)17-6-1-2-7-22-17)13-29-12-16-23-20(28)19-14-4-3-5-15(14)30-21(19)24-16/h1-2,6-7H,3-5,8-13H2,(H,23,24,28). The van der Waals surface area contributed by atoms with Crippen LogP contribution in [0.1, 0.15) is 22.7 Å². The first-order valence-electron chi connectivity index (χ1n) is 10.2. The quantitative estimate of drug-likeness (QED) is 0.655. The largest absolute Gasteiger partial charge is 0.353 e. The van der Waals surface area contributed by atoms with Crippen LogP contribution in [0.3, 0.4) is 0 Å². The van der Waals surface area contributed by atoms with Gasteiger partial charge in [-0.2, -0.15) is 0 Å². The van der Waals surface area contributed by atoms with Crippen LogP contribution in [0.15, 0.2) is 29.2 Å². The summed E-state index contributed by atoms with van der Waals surface area (Å²) in [7, 11) is 0. The van der Waals surface area contributed by atoms with Crippen LogP contribution in [0, 0.1) is 0 Å². The van der Waals surface area contributed by atoms with Crippen molar-refractivity contribution in [3.05, 3.63) is 51.0 Å². The monoisotopic (exact) mass is 441 g/mol. The number of piperazine rings is 1. The van der Waals surface area contributed by atoms with Crippen LogP contribution in [-0.2, 0) is 23.4 Å². The third-order valence-electron chi connectivity index (χ3n) is 5.69.